The monoisotopic (exact) mass is 258 g/mol. The van der Waals surface area contributed by atoms with Gasteiger partial charge in [0.15, 0.2) is 0 Å². The van der Waals surface area contributed by atoms with Crippen LogP contribution in [0.15, 0.2) is 18.2 Å². The smallest absolute Gasteiger partial charge is 0.322 e. The van der Waals surface area contributed by atoms with Gasteiger partial charge in [-0.3, -0.25) is 19.7 Å². The Morgan fingerprint density at radius 2 is 2.12 bits per heavy atom. The van der Waals surface area contributed by atoms with Crippen molar-refractivity contribution in [3.05, 3.63) is 38.9 Å². The number of rotatable bonds is 4. The minimum atomic E-state index is -1.21. The molecular weight excluding hydrogens is 252 g/mol. The van der Waals surface area contributed by atoms with Gasteiger partial charge in [0.1, 0.15) is 11.6 Å². The summed E-state index contributed by atoms with van der Waals surface area (Å²) in [5.41, 5.74) is -0.433. The first-order valence-electron chi connectivity index (χ1n) is 4.35. The van der Waals surface area contributed by atoms with Crippen LogP contribution < -0.4 is 5.32 Å². The summed E-state index contributed by atoms with van der Waals surface area (Å²) in [7, 11) is 0. The quantitative estimate of drug-likeness (QED) is 0.620. The molecule has 0 aliphatic heterocycles. The van der Waals surface area contributed by atoms with Gasteiger partial charge in [-0.25, -0.2) is 0 Å². The van der Waals surface area contributed by atoms with Crippen molar-refractivity contribution in [2.24, 2.45) is 0 Å². The number of carboxylic acid groups (broad SMARTS) is 1. The van der Waals surface area contributed by atoms with E-state index in [9.17, 15) is 19.7 Å². The Morgan fingerprint density at radius 3 is 2.65 bits per heavy atom. The third kappa shape index (κ3) is 3.42. The van der Waals surface area contributed by atoms with Crippen LogP contribution in [-0.4, -0.2) is 28.5 Å². The molecule has 2 N–H and O–H groups in total. The molecule has 1 amide bonds. The Morgan fingerprint density at radius 1 is 1.47 bits per heavy atom. The Balaban J connectivity index is 2.92. The van der Waals surface area contributed by atoms with Crippen molar-refractivity contribution in [2.75, 3.05) is 6.54 Å². The summed E-state index contributed by atoms with van der Waals surface area (Å²) < 4.78 is 0. The number of carbonyl (C=O) groups excluding carboxylic acids is 1. The molecular formula is C9H7ClN2O5. The third-order valence-corrected chi connectivity index (χ3v) is 2.12. The maximum Gasteiger partial charge on any atom is 0.322 e. The first-order chi connectivity index (χ1) is 7.91. The van der Waals surface area contributed by atoms with Crippen molar-refractivity contribution in [3.63, 3.8) is 0 Å². The highest BCUT2D eigenvalue weighted by Crippen LogP contribution is 2.24. The lowest BCUT2D eigenvalue weighted by Gasteiger charge is -2.02. The van der Waals surface area contributed by atoms with Crippen molar-refractivity contribution in [1.82, 2.24) is 5.32 Å². The number of hydrogen-bond acceptors (Lipinski definition) is 4. The fourth-order valence-electron chi connectivity index (χ4n) is 1.05. The molecule has 0 aliphatic carbocycles. The van der Waals surface area contributed by atoms with Gasteiger partial charge < -0.3 is 10.4 Å². The Bertz CT molecular complexity index is 488. The lowest BCUT2D eigenvalue weighted by molar-refractivity contribution is -0.384. The molecule has 7 nitrogen and oxygen atoms in total. The van der Waals surface area contributed by atoms with Gasteiger partial charge in [0, 0.05) is 11.6 Å². The maximum absolute atomic E-state index is 11.4. The summed E-state index contributed by atoms with van der Waals surface area (Å²) in [5, 5.41) is 20.9. The van der Waals surface area contributed by atoms with Crippen LogP contribution in [-0.2, 0) is 4.79 Å². The SMILES string of the molecule is O=C(O)CNC(=O)c1ccc(Cl)c([N+](=O)[O-])c1. The minimum Gasteiger partial charge on any atom is -0.480 e. The van der Waals surface area contributed by atoms with Gasteiger partial charge in [-0.15, -0.1) is 0 Å². The van der Waals surface area contributed by atoms with Crippen molar-refractivity contribution in [3.8, 4) is 0 Å². The van der Waals surface area contributed by atoms with Crippen molar-refractivity contribution >= 4 is 29.2 Å². The number of nitro groups is 1. The summed E-state index contributed by atoms with van der Waals surface area (Å²) in [6.45, 7) is -0.560. The topological polar surface area (TPSA) is 110 Å². The van der Waals surface area contributed by atoms with Gasteiger partial charge in [0.05, 0.1) is 4.92 Å². The predicted octanol–water partition coefficient (Wildman–Crippen LogP) is 1.06. The molecule has 0 aromatic heterocycles. The lowest BCUT2D eigenvalue weighted by atomic mass is 10.2. The summed E-state index contributed by atoms with van der Waals surface area (Å²) in [4.78, 5) is 31.4. The van der Waals surface area contributed by atoms with E-state index in [2.05, 4.69) is 5.32 Å². The zero-order chi connectivity index (χ0) is 13.0. The van der Waals surface area contributed by atoms with E-state index in [0.29, 0.717) is 0 Å². The van der Waals surface area contributed by atoms with Crippen LogP contribution >= 0.6 is 11.6 Å². The van der Waals surface area contributed by atoms with Crippen LogP contribution in [0.4, 0.5) is 5.69 Å². The highest BCUT2D eigenvalue weighted by atomic mass is 35.5. The van der Waals surface area contributed by atoms with E-state index in [1.165, 1.54) is 12.1 Å². The van der Waals surface area contributed by atoms with E-state index >= 15 is 0 Å². The molecule has 90 valence electrons. The van der Waals surface area contributed by atoms with Gasteiger partial charge in [-0.05, 0) is 12.1 Å². The number of amides is 1. The summed E-state index contributed by atoms with van der Waals surface area (Å²) >= 11 is 5.56. The van der Waals surface area contributed by atoms with Crippen LogP contribution in [0, 0.1) is 10.1 Å². The molecule has 0 saturated heterocycles. The van der Waals surface area contributed by atoms with Crippen molar-refractivity contribution in [2.45, 2.75) is 0 Å². The molecule has 1 aromatic carbocycles. The van der Waals surface area contributed by atoms with Gasteiger partial charge in [-0.1, -0.05) is 11.6 Å². The van der Waals surface area contributed by atoms with E-state index in [1.54, 1.807) is 0 Å². The highest BCUT2D eigenvalue weighted by Gasteiger charge is 2.16. The normalized spacial score (nSPS) is 9.71. The zero-order valence-electron chi connectivity index (χ0n) is 8.34. The standard InChI is InChI=1S/C9H7ClN2O5/c10-6-2-1-5(3-7(6)12(16)17)9(15)11-4-8(13)14/h1-3H,4H2,(H,11,15)(H,13,14). The van der Waals surface area contributed by atoms with E-state index in [-0.39, 0.29) is 10.6 Å². The van der Waals surface area contributed by atoms with Crippen LogP contribution in [0.3, 0.4) is 0 Å². The summed E-state index contributed by atoms with van der Waals surface area (Å²) in [6, 6.07) is 3.46. The molecule has 0 heterocycles. The molecule has 0 bridgehead atoms. The molecule has 17 heavy (non-hydrogen) atoms. The summed E-state index contributed by atoms with van der Waals surface area (Å²) in [6.07, 6.45) is 0. The largest absolute Gasteiger partial charge is 0.480 e. The molecule has 0 aliphatic rings. The lowest BCUT2D eigenvalue weighted by Crippen LogP contribution is -2.29. The molecule has 1 aromatic rings. The molecule has 0 saturated carbocycles. The number of benzene rings is 1. The van der Waals surface area contributed by atoms with Crippen LogP contribution in [0.5, 0.6) is 0 Å². The number of halogens is 1. The van der Waals surface area contributed by atoms with E-state index in [1.807, 2.05) is 0 Å². The number of nitrogens with zero attached hydrogens (tertiary/aromatic N) is 1. The second-order valence-electron chi connectivity index (χ2n) is 3.00. The van der Waals surface area contributed by atoms with Crippen LogP contribution in [0.1, 0.15) is 10.4 Å². The molecule has 0 atom stereocenters. The van der Waals surface area contributed by atoms with E-state index in [0.717, 1.165) is 6.07 Å². The van der Waals surface area contributed by atoms with Crippen LogP contribution in [0.25, 0.3) is 0 Å². The van der Waals surface area contributed by atoms with E-state index in [4.69, 9.17) is 16.7 Å². The van der Waals surface area contributed by atoms with Gasteiger partial charge in [-0.2, -0.15) is 0 Å². The van der Waals surface area contributed by atoms with Gasteiger partial charge >= 0.3 is 5.97 Å². The Hall–Kier alpha value is -2.15. The molecule has 0 radical (unpaired) electrons. The fraction of sp³-hybridized carbons (Fsp3) is 0.111. The molecule has 0 fully saturated rings. The molecule has 8 heteroatoms. The number of nitro benzene ring substituents is 1. The van der Waals surface area contributed by atoms with Crippen LogP contribution in [0.2, 0.25) is 5.02 Å². The molecule has 0 unspecified atom stereocenters. The Kier molecular flexibility index (Phi) is 4.00. The summed E-state index contributed by atoms with van der Waals surface area (Å²) in [5.74, 6) is -1.92. The zero-order valence-corrected chi connectivity index (χ0v) is 9.10. The van der Waals surface area contributed by atoms with Gasteiger partial charge in [0.25, 0.3) is 11.6 Å². The number of aliphatic carboxylic acids is 1. The average molecular weight is 259 g/mol. The third-order valence-electron chi connectivity index (χ3n) is 1.81. The highest BCUT2D eigenvalue weighted by molar-refractivity contribution is 6.32. The second-order valence-corrected chi connectivity index (χ2v) is 3.41. The average Bonchev–Trinajstić information content (AvgIpc) is 2.26. The predicted molar refractivity (Wildman–Crippen MR) is 58.1 cm³/mol. The molecule has 1 rings (SSSR count). The Labute approximate surface area is 100 Å². The number of carboxylic acids is 1. The van der Waals surface area contributed by atoms with Crippen molar-refractivity contribution in [1.29, 1.82) is 0 Å². The molecule has 0 spiro atoms. The van der Waals surface area contributed by atoms with Gasteiger partial charge in [0.2, 0.25) is 0 Å². The maximum atomic E-state index is 11.4. The number of hydrogen-bond donors (Lipinski definition) is 2. The first kappa shape index (κ1) is 12.9. The number of carbonyl (C=O) groups is 2. The fourth-order valence-corrected chi connectivity index (χ4v) is 1.24. The van der Waals surface area contributed by atoms with E-state index < -0.39 is 29.0 Å². The minimum absolute atomic E-state index is 0.0256. The number of nitrogens with one attached hydrogen (secondary N) is 1. The first-order valence-corrected chi connectivity index (χ1v) is 4.73. The van der Waals surface area contributed by atoms with Crippen molar-refractivity contribution < 1.29 is 19.6 Å². The second kappa shape index (κ2) is 5.26.